The van der Waals surface area contributed by atoms with Crippen LogP contribution in [0.2, 0.25) is 0 Å². The van der Waals surface area contributed by atoms with E-state index in [-0.39, 0.29) is 0 Å². The maximum Gasteiger partial charge on any atom is 0.222 e. The molecule has 3 heteroatoms. The lowest BCUT2D eigenvalue weighted by Gasteiger charge is -2.36. The van der Waals surface area contributed by atoms with Crippen molar-refractivity contribution in [2.24, 2.45) is 5.92 Å². The highest BCUT2D eigenvalue weighted by Gasteiger charge is 2.27. The predicted molar refractivity (Wildman–Crippen MR) is 60.6 cm³/mol. The van der Waals surface area contributed by atoms with Crippen molar-refractivity contribution in [2.45, 2.75) is 51.6 Å². The molecule has 1 heterocycles. The Morgan fingerprint density at radius 3 is 2.40 bits per heavy atom. The summed E-state index contributed by atoms with van der Waals surface area (Å²) in [5, 5.41) is 3.45. The van der Waals surface area contributed by atoms with E-state index in [1.54, 1.807) is 0 Å². The molecule has 1 saturated carbocycles. The first-order valence-corrected chi connectivity index (χ1v) is 6.19. The van der Waals surface area contributed by atoms with E-state index >= 15 is 0 Å². The Morgan fingerprint density at radius 1 is 1.27 bits per heavy atom. The fourth-order valence-corrected chi connectivity index (χ4v) is 2.42. The van der Waals surface area contributed by atoms with E-state index in [1.807, 2.05) is 4.90 Å². The summed E-state index contributed by atoms with van der Waals surface area (Å²) < 4.78 is 0. The van der Waals surface area contributed by atoms with Gasteiger partial charge in [-0.15, -0.1) is 0 Å². The molecule has 15 heavy (non-hydrogen) atoms. The van der Waals surface area contributed by atoms with Gasteiger partial charge in [-0.05, 0) is 26.2 Å². The first kappa shape index (κ1) is 10.9. The Labute approximate surface area is 92.2 Å². The van der Waals surface area contributed by atoms with Crippen LogP contribution in [0.3, 0.4) is 0 Å². The van der Waals surface area contributed by atoms with Crippen LogP contribution in [0.1, 0.15) is 39.5 Å². The molecule has 2 unspecified atom stereocenters. The number of nitrogens with zero attached hydrogens (tertiary/aromatic N) is 1. The van der Waals surface area contributed by atoms with Crippen LogP contribution in [-0.2, 0) is 4.79 Å². The van der Waals surface area contributed by atoms with E-state index in [2.05, 4.69) is 19.2 Å². The fourth-order valence-electron chi connectivity index (χ4n) is 2.42. The lowest BCUT2D eigenvalue weighted by Crippen LogP contribution is -2.55. The van der Waals surface area contributed by atoms with E-state index in [1.165, 1.54) is 12.8 Å². The number of hydrogen-bond acceptors (Lipinski definition) is 2. The summed E-state index contributed by atoms with van der Waals surface area (Å²) in [4.78, 5) is 14.0. The second-order valence-electron chi connectivity index (χ2n) is 5.25. The molecule has 1 N–H and O–H groups in total. The average Bonchev–Trinajstić information content (AvgIpc) is 2.96. The highest BCUT2D eigenvalue weighted by molar-refractivity contribution is 5.76. The lowest BCUT2D eigenvalue weighted by molar-refractivity contribution is -0.133. The molecule has 2 fully saturated rings. The van der Waals surface area contributed by atoms with Crippen molar-refractivity contribution in [2.75, 3.05) is 13.1 Å². The molecule has 0 aromatic heterocycles. The monoisotopic (exact) mass is 210 g/mol. The van der Waals surface area contributed by atoms with Crippen LogP contribution in [0.4, 0.5) is 0 Å². The van der Waals surface area contributed by atoms with Crippen molar-refractivity contribution in [3.05, 3.63) is 0 Å². The number of hydrogen-bond donors (Lipinski definition) is 1. The summed E-state index contributed by atoms with van der Waals surface area (Å²) in [6, 6.07) is 0.886. The van der Waals surface area contributed by atoms with Crippen LogP contribution < -0.4 is 5.32 Å². The highest BCUT2D eigenvalue weighted by Crippen LogP contribution is 2.33. The zero-order chi connectivity index (χ0) is 10.8. The van der Waals surface area contributed by atoms with Crippen LogP contribution in [-0.4, -0.2) is 36.0 Å². The Balaban J connectivity index is 1.77. The molecule has 0 spiro atoms. The van der Waals surface area contributed by atoms with Crippen LogP contribution in [0.15, 0.2) is 0 Å². The molecule has 2 atom stereocenters. The normalized spacial score (nSPS) is 31.7. The molecule has 1 amide bonds. The van der Waals surface area contributed by atoms with Crippen LogP contribution >= 0.6 is 0 Å². The van der Waals surface area contributed by atoms with Crippen molar-refractivity contribution in [1.82, 2.24) is 10.2 Å². The first-order valence-electron chi connectivity index (χ1n) is 6.19. The Bertz CT molecular complexity index is 228. The van der Waals surface area contributed by atoms with Crippen molar-refractivity contribution in [1.29, 1.82) is 0 Å². The number of piperazine rings is 1. The van der Waals surface area contributed by atoms with Gasteiger partial charge in [-0.1, -0.05) is 12.8 Å². The molecule has 0 aromatic carbocycles. The molecule has 3 nitrogen and oxygen atoms in total. The van der Waals surface area contributed by atoms with E-state index in [0.717, 1.165) is 31.8 Å². The topological polar surface area (TPSA) is 32.3 Å². The quantitative estimate of drug-likeness (QED) is 0.763. The third-order valence-electron chi connectivity index (χ3n) is 3.37. The molecular formula is C12H22N2O. The maximum absolute atomic E-state index is 11.9. The van der Waals surface area contributed by atoms with Crippen molar-refractivity contribution in [3.63, 3.8) is 0 Å². The summed E-state index contributed by atoms with van der Waals surface area (Å²) in [5.74, 6) is 1.23. The second-order valence-corrected chi connectivity index (χ2v) is 5.25. The standard InChI is InChI=1S/C12H22N2O/c1-9-7-14(8-10(2)13-9)12(15)6-5-11-3-4-11/h9-11,13H,3-8H2,1-2H3. The summed E-state index contributed by atoms with van der Waals surface area (Å²) in [6.45, 7) is 6.06. The van der Waals surface area contributed by atoms with Gasteiger partial charge in [0.1, 0.15) is 0 Å². The zero-order valence-electron chi connectivity index (χ0n) is 9.83. The van der Waals surface area contributed by atoms with Gasteiger partial charge in [0.25, 0.3) is 0 Å². The minimum atomic E-state index is 0.363. The SMILES string of the molecule is CC1CN(C(=O)CCC2CC2)CC(C)N1. The molecule has 0 aromatic rings. The fraction of sp³-hybridized carbons (Fsp3) is 0.917. The van der Waals surface area contributed by atoms with Gasteiger partial charge in [0, 0.05) is 31.6 Å². The van der Waals surface area contributed by atoms with Crippen molar-refractivity contribution < 1.29 is 4.79 Å². The van der Waals surface area contributed by atoms with Gasteiger partial charge in [0.2, 0.25) is 5.91 Å². The first-order chi connectivity index (χ1) is 7.15. The van der Waals surface area contributed by atoms with Crippen molar-refractivity contribution >= 4 is 5.91 Å². The van der Waals surface area contributed by atoms with E-state index in [4.69, 9.17) is 0 Å². The van der Waals surface area contributed by atoms with E-state index < -0.39 is 0 Å². The third kappa shape index (κ3) is 3.20. The number of carbonyl (C=O) groups is 1. The molecule has 2 aliphatic rings. The van der Waals surface area contributed by atoms with Gasteiger partial charge in [-0.2, -0.15) is 0 Å². The number of amides is 1. The Morgan fingerprint density at radius 2 is 1.87 bits per heavy atom. The van der Waals surface area contributed by atoms with E-state index in [0.29, 0.717) is 18.0 Å². The van der Waals surface area contributed by atoms with E-state index in [9.17, 15) is 4.79 Å². The summed E-state index contributed by atoms with van der Waals surface area (Å²) in [7, 11) is 0. The molecule has 2 rings (SSSR count). The second kappa shape index (κ2) is 4.52. The lowest BCUT2D eigenvalue weighted by atomic mass is 10.1. The minimum absolute atomic E-state index is 0.363. The third-order valence-corrected chi connectivity index (χ3v) is 3.37. The van der Waals surface area contributed by atoms with Crippen LogP contribution in [0, 0.1) is 5.92 Å². The molecule has 86 valence electrons. The van der Waals surface area contributed by atoms with Gasteiger partial charge in [0.05, 0.1) is 0 Å². The molecule has 1 aliphatic carbocycles. The number of carbonyl (C=O) groups excluding carboxylic acids is 1. The summed E-state index contributed by atoms with van der Waals surface area (Å²) in [5.41, 5.74) is 0. The molecule has 1 aliphatic heterocycles. The van der Waals surface area contributed by atoms with Gasteiger partial charge in [0.15, 0.2) is 0 Å². The average molecular weight is 210 g/mol. The smallest absolute Gasteiger partial charge is 0.222 e. The van der Waals surface area contributed by atoms with Gasteiger partial charge in [-0.3, -0.25) is 4.79 Å². The highest BCUT2D eigenvalue weighted by atomic mass is 16.2. The molecular weight excluding hydrogens is 188 g/mol. The molecule has 0 bridgehead atoms. The summed E-state index contributed by atoms with van der Waals surface area (Å²) >= 11 is 0. The van der Waals surface area contributed by atoms with Gasteiger partial charge in [-0.25, -0.2) is 0 Å². The molecule has 1 saturated heterocycles. The number of rotatable bonds is 3. The van der Waals surface area contributed by atoms with Crippen molar-refractivity contribution in [3.8, 4) is 0 Å². The Kier molecular flexibility index (Phi) is 3.29. The minimum Gasteiger partial charge on any atom is -0.340 e. The van der Waals surface area contributed by atoms with Gasteiger partial charge < -0.3 is 10.2 Å². The van der Waals surface area contributed by atoms with Gasteiger partial charge >= 0.3 is 0 Å². The summed E-state index contributed by atoms with van der Waals surface area (Å²) in [6.07, 6.45) is 4.58. The number of nitrogens with one attached hydrogen (secondary N) is 1. The van der Waals surface area contributed by atoms with Crippen LogP contribution in [0.5, 0.6) is 0 Å². The Hall–Kier alpha value is -0.570. The maximum atomic E-state index is 11.9. The largest absolute Gasteiger partial charge is 0.340 e. The predicted octanol–water partition coefficient (Wildman–Crippen LogP) is 1.39. The van der Waals surface area contributed by atoms with Crippen LogP contribution in [0.25, 0.3) is 0 Å². The zero-order valence-corrected chi connectivity index (χ0v) is 9.83. The molecule has 0 radical (unpaired) electrons.